The molecule has 0 aliphatic heterocycles. The molecule has 88 valence electrons. The lowest BCUT2D eigenvalue weighted by molar-refractivity contribution is -0.143. The summed E-state index contributed by atoms with van der Waals surface area (Å²) in [6, 6.07) is 1.04. The van der Waals surface area contributed by atoms with Crippen molar-refractivity contribution in [2.75, 3.05) is 0 Å². The fourth-order valence-corrected chi connectivity index (χ4v) is 1.99. The second-order valence-electron chi connectivity index (χ2n) is 3.94. The van der Waals surface area contributed by atoms with Crippen LogP contribution in [0.15, 0.2) is 16.8 Å². The Hall–Kier alpha value is -1.36. The largest absolute Gasteiger partial charge is 0.480 e. The maximum absolute atomic E-state index is 11.6. The standard InChI is InChI=1S/C11H15NO3S/c1-7(2)10(11(14)15)12-9(13)5-8-3-4-16-6-8/h3-4,6-7,10H,5H2,1-2H3,(H,12,13)(H,14,15)/t10-/m0/s1. The van der Waals surface area contributed by atoms with Gasteiger partial charge in [-0.1, -0.05) is 13.8 Å². The molecule has 2 N–H and O–H groups in total. The van der Waals surface area contributed by atoms with E-state index >= 15 is 0 Å². The van der Waals surface area contributed by atoms with Crippen molar-refractivity contribution in [2.24, 2.45) is 5.92 Å². The van der Waals surface area contributed by atoms with Crippen LogP contribution in [0.2, 0.25) is 0 Å². The molecule has 1 amide bonds. The lowest BCUT2D eigenvalue weighted by Crippen LogP contribution is -2.44. The van der Waals surface area contributed by atoms with E-state index in [1.54, 1.807) is 13.8 Å². The lowest BCUT2D eigenvalue weighted by Gasteiger charge is -2.17. The highest BCUT2D eigenvalue weighted by Crippen LogP contribution is 2.07. The number of amides is 1. The van der Waals surface area contributed by atoms with E-state index < -0.39 is 12.0 Å². The van der Waals surface area contributed by atoms with Crippen molar-refractivity contribution in [3.05, 3.63) is 22.4 Å². The van der Waals surface area contributed by atoms with Gasteiger partial charge in [0.15, 0.2) is 0 Å². The summed E-state index contributed by atoms with van der Waals surface area (Å²) in [5.74, 6) is -1.36. The molecule has 0 aliphatic carbocycles. The summed E-state index contributed by atoms with van der Waals surface area (Å²) in [6.45, 7) is 3.54. The summed E-state index contributed by atoms with van der Waals surface area (Å²) < 4.78 is 0. The van der Waals surface area contributed by atoms with E-state index in [1.807, 2.05) is 16.8 Å². The average molecular weight is 241 g/mol. The SMILES string of the molecule is CC(C)[C@H](NC(=O)Cc1ccsc1)C(=O)O. The van der Waals surface area contributed by atoms with Gasteiger partial charge in [0, 0.05) is 0 Å². The smallest absolute Gasteiger partial charge is 0.326 e. The maximum atomic E-state index is 11.6. The normalized spacial score (nSPS) is 12.4. The lowest BCUT2D eigenvalue weighted by atomic mass is 10.0. The average Bonchev–Trinajstić information content (AvgIpc) is 2.65. The number of hydrogen-bond acceptors (Lipinski definition) is 3. The maximum Gasteiger partial charge on any atom is 0.326 e. The quantitative estimate of drug-likeness (QED) is 0.821. The molecule has 0 aliphatic rings. The van der Waals surface area contributed by atoms with Crippen molar-refractivity contribution in [3.63, 3.8) is 0 Å². The van der Waals surface area contributed by atoms with Gasteiger partial charge in [0.1, 0.15) is 6.04 Å². The van der Waals surface area contributed by atoms with Gasteiger partial charge in [-0.2, -0.15) is 11.3 Å². The Kier molecular flexibility index (Phi) is 4.49. The van der Waals surface area contributed by atoms with E-state index in [9.17, 15) is 9.59 Å². The minimum absolute atomic E-state index is 0.121. The van der Waals surface area contributed by atoms with Crippen LogP contribution in [-0.2, 0) is 16.0 Å². The predicted octanol–water partition coefficient (Wildman–Crippen LogP) is 1.52. The summed E-state index contributed by atoms with van der Waals surface area (Å²) in [4.78, 5) is 22.4. The molecule has 1 rings (SSSR count). The number of rotatable bonds is 5. The molecule has 0 spiro atoms. The molecule has 1 heterocycles. The Morgan fingerprint density at radius 3 is 2.62 bits per heavy atom. The molecule has 0 saturated heterocycles. The van der Waals surface area contributed by atoms with Gasteiger partial charge in [-0.3, -0.25) is 4.79 Å². The third kappa shape index (κ3) is 3.66. The van der Waals surface area contributed by atoms with Crippen LogP contribution in [0, 0.1) is 5.92 Å². The van der Waals surface area contributed by atoms with Crippen LogP contribution in [0.4, 0.5) is 0 Å². The molecule has 0 saturated carbocycles. The fourth-order valence-electron chi connectivity index (χ4n) is 1.32. The molecule has 5 heteroatoms. The number of carboxylic acids is 1. The highest BCUT2D eigenvalue weighted by molar-refractivity contribution is 7.07. The Morgan fingerprint density at radius 1 is 1.50 bits per heavy atom. The third-order valence-corrected chi connectivity index (χ3v) is 2.93. The van der Waals surface area contributed by atoms with E-state index in [4.69, 9.17) is 5.11 Å². The van der Waals surface area contributed by atoms with E-state index in [0.29, 0.717) is 0 Å². The number of carbonyl (C=O) groups is 2. The Balaban J connectivity index is 2.52. The van der Waals surface area contributed by atoms with Gasteiger partial charge in [-0.15, -0.1) is 0 Å². The Labute approximate surface area is 98.3 Å². The van der Waals surface area contributed by atoms with E-state index in [2.05, 4.69) is 5.32 Å². The highest BCUT2D eigenvalue weighted by Gasteiger charge is 2.23. The molecule has 0 radical (unpaired) electrons. The first kappa shape index (κ1) is 12.7. The molecule has 0 unspecified atom stereocenters. The van der Waals surface area contributed by atoms with E-state index in [1.165, 1.54) is 11.3 Å². The summed E-state index contributed by atoms with van der Waals surface area (Å²) >= 11 is 1.52. The number of hydrogen-bond donors (Lipinski definition) is 2. The second kappa shape index (κ2) is 5.65. The van der Waals surface area contributed by atoms with Crippen molar-refractivity contribution in [1.82, 2.24) is 5.32 Å². The van der Waals surface area contributed by atoms with Gasteiger partial charge in [0.25, 0.3) is 0 Å². The van der Waals surface area contributed by atoms with Gasteiger partial charge in [-0.05, 0) is 28.3 Å². The van der Waals surface area contributed by atoms with Crippen LogP contribution in [-0.4, -0.2) is 23.0 Å². The zero-order valence-electron chi connectivity index (χ0n) is 9.27. The summed E-state index contributed by atoms with van der Waals surface area (Å²) in [6.07, 6.45) is 0.236. The number of carbonyl (C=O) groups excluding carboxylic acids is 1. The monoisotopic (exact) mass is 241 g/mol. The first-order valence-electron chi connectivity index (χ1n) is 5.04. The molecular formula is C11H15NO3S. The Bertz CT molecular complexity index is 359. The third-order valence-electron chi connectivity index (χ3n) is 2.19. The minimum atomic E-state index is -0.992. The van der Waals surface area contributed by atoms with Crippen molar-refractivity contribution >= 4 is 23.2 Å². The second-order valence-corrected chi connectivity index (χ2v) is 4.72. The summed E-state index contributed by atoms with van der Waals surface area (Å²) in [7, 11) is 0. The van der Waals surface area contributed by atoms with Crippen molar-refractivity contribution in [1.29, 1.82) is 0 Å². The summed E-state index contributed by atoms with van der Waals surface area (Å²) in [5.41, 5.74) is 0.912. The minimum Gasteiger partial charge on any atom is -0.480 e. The van der Waals surface area contributed by atoms with Gasteiger partial charge in [0.05, 0.1) is 6.42 Å². The number of thiophene rings is 1. The molecule has 4 nitrogen and oxygen atoms in total. The zero-order chi connectivity index (χ0) is 12.1. The van der Waals surface area contributed by atoms with Gasteiger partial charge in [-0.25, -0.2) is 4.79 Å². The number of aliphatic carboxylic acids is 1. The van der Waals surface area contributed by atoms with Crippen molar-refractivity contribution in [3.8, 4) is 0 Å². The molecule has 16 heavy (non-hydrogen) atoms. The first-order chi connectivity index (χ1) is 7.50. The van der Waals surface area contributed by atoms with Crippen LogP contribution in [0.5, 0.6) is 0 Å². The van der Waals surface area contributed by atoms with E-state index in [-0.39, 0.29) is 18.2 Å². The van der Waals surface area contributed by atoms with Crippen molar-refractivity contribution in [2.45, 2.75) is 26.3 Å². The molecule has 0 fully saturated rings. The molecular weight excluding hydrogens is 226 g/mol. The van der Waals surface area contributed by atoms with Crippen LogP contribution in [0.3, 0.4) is 0 Å². The number of nitrogens with one attached hydrogen (secondary N) is 1. The number of carboxylic acid groups (broad SMARTS) is 1. The zero-order valence-corrected chi connectivity index (χ0v) is 10.1. The van der Waals surface area contributed by atoms with Crippen LogP contribution in [0.25, 0.3) is 0 Å². The molecule has 1 atom stereocenters. The molecule has 0 bridgehead atoms. The first-order valence-corrected chi connectivity index (χ1v) is 5.98. The molecule has 0 aromatic carbocycles. The summed E-state index contributed by atoms with van der Waals surface area (Å²) in [5, 5.41) is 15.2. The van der Waals surface area contributed by atoms with Crippen LogP contribution < -0.4 is 5.32 Å². The highest BCUT2D eigenvalue weighted by atomic mass is 32.1. The van der Waals surface area contributed by atoms with Gasteiger partial charge >= 0.3 is 5.97 Å². The topological polar surface area (TPSA) is 66.4 Å². The fraction of sp³-hybridized carbons (Fsp3) is 0.455. The van der Waals surface area contributed by atoms with Crippen molar-refractivity contribution < 1.29 is 14.7 Å². The molecule has 1 aromatic rings. The van der Waals surface area contributed by atoms with Crippen LogP contribution >= 0.6 is 11.3 Å². The predicted molar refractivity (Wildman–Crippen MR) is 62.4 cm³/mol. The molecule has 1 aromatic heterocycles. The van der Waals surface area contributed by atoms with Gasteiger partial charge in [0.2, 0.25) is 5.91 Å². The van der Waals surface area contributed by atoms with Gasteiger partial charge < -0.3 is 10.4 Å². The van der Waals surface area contributed by atoms with Crippen LogP contribution in [0.1, 0.15) is 19.4 Å². The Morgan fingerprint density at radius 2 is 2.19 bits per heavy atom. The van der Waals surface area contributed by atoms with E-state index in [0.717, 1.165) is 5.56 Å².